The van der Waals surface area contributed by atoms with Gasteiger partial charge in [-0.3, -0.25) is 5.73 Å². The molecule has 1 atom stereocenters. The van der Waals surface area contributed by atoms with Crippen LogP contribution in [-0.4, -0.2) is 26.5 Å². The van der Waals surface area contributed by atoms with E-state index in [4.69, 9.17) is 23.1 Å². The van der Waals surface area contributed by atoms with Crippen molar-refractivity contribution in [3.63, 3.8) is 0 Å². The van der Waals surface area contributed by atoms with Gasteiger partial charge >= 0.3 is 0 Å². The predicted octanol–water partition coefficient (Wildman–Crippen LogP) is 3.14. The zero-order valence-corrected chi connectivity index (χ0v) is 18.5. The van der Waals surface area contributed by atoms with Crippen LogP contribution in [0.5, 0.6) is 0 Å². The Bertz CT molecular complexity index is 1110. The average molecular weight is 460 g/mol. The molecule has 1 saturated carbocycles. The van der Waals surface area contributed by atoms with Gasteiger partial charge in [0.05, 0.1) is 20.5 Å². The lowest BCUT2D eigenvalue weighted by molar-refractivity contribution is 0.176. The van der Waals surface area contributed by atoms with E-state index in [-0.39, 0.29) is 21.8 Å². The summed E-state index contributed by atoms with van der Waals surface area (Å²) in [5.74, 6) is -0.521. The summed E-state index contributed by atoms with van der Waals surface area (Å²) in [5, 5.41) is 6.67. The Morgan fingerprint density at radius 2 is 1.68 bits per heavy atom. The normalized spacial score (nSPS) is 26.4. The number of rotatable bonds is 5. The number of nitrogens with two attached hydrogens (primary N) is 2. The number of para-hydroxylation sites is 1. The van der Waals surface area contributed by atoms with Crippen LogP contribution in [0.15, 0.2) is 80.2 Å². The zero-order chi connectivity index (χ0) is 22.1. The van der Waals surface area contributed by atoms with Gasteiger partial charge in [-0.2, -0.15) is 0 Å². The van der Waals surface area contributed by atoms with Gasteiger partial charge in [-0.15, -0.1) is 0 Å². The first-order chi connectivity index (χ1) is 14.8. The van der Waals surface area contributed by atoms with E-state index in [2.05, 4.69) is 15.6 Å². The molecule has 1 unspecified atom stereocenters. The average Bonchev–Trinajstić information content (AvgIpc) is 2.78. The van der Waals surface area contributed by atoms with Crippen LogP contribution >= 0.6 is 11.6 Å². The van der Waals surface area contributed by atoms with Crippen molar-refractivity contribution in [2.75, 3.05) is 5.32 Å². The van der Waals surface area contributed by atoms with Crippen molar-refractivity contribution in [1.29, 1.82) is 0 Å². The third-order valence-electron chi connectivity index (χ3n) is 5.84. The summed E-state index contributed by atoms with van der Waals surface area (Å²) in [4.78, 5) is 4.82. The van der Waals surface area contributed by atoms with E-state index in [0.29, 0.717) is 16.5 Å². The first kappa shape index (κ1) is 21.8. The number of halogens is 1. The summed E-state index contributed by atoms with van der Waals surface area (Å²) >= 11 is 6.39. The molecular weight excluding hydrogens is 434 g/mol. The topological polar surface area (TPSA) is 123 Å². The Labute approximate surface area is 187 Å². The van der Waals surface area contributed by atoms with Crippen LogP contribution in [0.2, 0.25) is 0 Å². The number of nitrogens with one attached hydrogen (secondary N) is 2. The smallest absolute Gasteiger partial charge is 0.208 e. The van der Waals surface area contributed by atoms with Gasteiger partial charge < -0.3 is 16.4 Å². The number of hydrogen-bond acceptors (Lipinski definition) is 7. The van der Waals surface area contributed by atoms with Crippen LogP contribution in [0.1, 0.15) is 25.7 Å². The van der Waals surface area contributed by atoms with Crippen molar-refractivity contribution >= 4 is 33.3 Å². The minimum absolute atomic E-state index is 0.0911. The highest BCUT2D eigenvalue weighted by atomic mass is 35.5. The maximum atomic E-state index is 13.2. The Morgan fingerprint density at radius 1 is 1.03 bits per heavy atom. The number of hydrogen-bond donors (Lipinski definition) is 4. The van der Waals surface area contributed by atoms with E-state index < -0.39 is 15.6 Å². The van der Waals surface area contributed by atoms with E-state index in [1.165, 1.54) is 6.21 Å². The highest BCUT2D eigenvalue weighted by Crippen LogP contribution is 2.34. The van der Waals surface area contributed by atoms with Crippen molar-refractivity contribution in [2.24, 2.45) is 22.4 Å². The van der Waals surface area contributed by atoms with Gasteiger partial charge in [0.25, 0.3) is 0 Å². The van der Waals surface area contributed by atoms with Crippen molar-refractivity contribution in [3.05, 3.63) is 65.5 Å². The van der Waals surface area contributed by atoms with Crippen LogP contribution in [0.4, 0.5) is 5.69 Å². The lowest BCUT2D eigenvalue weighted by atomic mass is 9.82. The maximum absolute atomic E-state index is 13.2. The second-order valence-electron chi connectivity index (χ2n) is 7.98. The summed E-state index contributed by atoms with van der Waals surface area (Å²) in [5.41, 5.74) is 13.0. The number of sulfone groups is 1. The SMILES string of the molecule is NC1CCC(C2(N)N=CC(Cl)=C(Nc3ccccc3S(=O)(=O)c3ccccc3)N2)CC1. The van der Waals surface area contributed by atoms with Gasteiger partial charge in [0.1, 0.15) is 5.82 Å². The van der Waals surface area contributed by atoms with Crippen molar-refractivity contribution < 1.29 is 8.42 Å². The standard InChI is InChI=1S/C22H26ClN5O2S/c23-18-14-26-22(25,15-10-12-16(24)13-11-15)28-21(18)27-19-8-4-5-9-20(19)31(29,30)17-6-2-1-3-7-17/h1-9,14-16,27-28H,10-13,24-25H2. The molecule has 1 aliphatic heterocycles. The van der Waals surface area contributed by atoms with Crippen molar-refractivity contribution in [3.8, 4) is 0 Å². The van der Waals surface area contributed by atoms with E-state index in [1.54, 1.807) is 54.6 Å². The van der Waals surface area contributed by atoms with Crippen LogP contribution in [0.3, 0.4) is 0 Å². The fourth-order valence-corrected chi connectivity index (χ4v) is 5.62. The molecule has 0 saturated heterocycles. The van der Waals surface area contributed by atoms with Crippen molar-refractivity contribution in [1.82, 2.24) is 5.32 Å². The summed E-state index contributed by atoms with van der Waals surface area (Å²) < 4.78 is 26.4. The van der Waals surface area contributed by atoms with Gasteiger partial charge in [-0.25, -0.2) is 13.4 Å². The largest absolute Gasteiger partial charge is 0.340 e. The Kier molecular flexibility index (Phi) is 6.07. The molecule has 31 heavy (non-hydrogen) atoms. The van der Waals surface area contributed by atoms with E-state index in [0.717, 1.165) is 25.7 Å². The third kappa shape index (κ3) is 4.48. The minimum atomic E-state index is -3.73. The minimum Gasteiger partial charge on any atom is -0.340 e. The molecule has 1 fully saturated rings. The maximum Gasteiger partial charge on any atom is 0.208 e. The van der Waals surface area contributed by atoms with Gasteiger partial charge in [0, 0.05) is 18.2 Å². The lowest BCUT2D eigenvalue weighted by Crippen LogP contribution is -2.60. The molecule has 164 valence electrons. The number of anilines is 1. The van der Waals surface area contributed by atoms with E-state index in [1.807, 2.05) is 0 Å². The summed E-state index contributed by atoms with van der Waals surface area (Å²) in [6, 6.07) is 15.2. The Balaban J connectivity index is 1.62. The Hall–Kier alpha value is -2.39. The molecule has 1 heterocycles. The van der Waals surface area contributed by atoms with Crippen LogP contribution in [0, 0.1) is 5.92 Å². The highest BCUT2D eigenvalue weighted by molar-refractivity contribution is 7.91. The molecule has 4 rings (SSSR count). The molecule has 2 aliphatic rings. The molecule has 0 amide bonds. The monoisotopic (exact) mass is 459 g/mol. The third-order valence-corrected chi connectivity index (χ3v) is 7.95. The molecule has 2 aromatic carbocycles. The number of benzene rings is 2. The molecule has 0 spiro atoms. The molecule has 9 heteroatoms. The first-order valence-corrected chi connectivity index (χ1v) is 12.1. The molecule has 0 bridgehead atoms. The lowest BCUT2D eigenvalue weighted by Gasteiger charge is -2.41. The molecular formula is C22H26ClN5O2S. The molecule has 1 aliphatic carbocycles. The zero-order valence-electron chi connectivity index (χ0n) is 17.0. The quantitative estimate of drug-likeness (QED) is 0.544. The van der Waals surface area contributed by atoms with Crippen LogP contribution in [-0.2, 0) is 9.84 Å². The molecule has 0 aromatic heterocycles. The number of aliphatic imine (C=N–C) groups is 1. The molecule has 7 nitrogen and oxygen atoms in total. The number of allylic oxidation sites excluding steroid dienone is 1. The molecule has 2 aromatic rings. The highest BCUT2D eigenvalue weighted by Gasteiger charge is 2.39. The van der Waals surface area contributed by atoms with Gasteiger partial charge in [0.15, 0.2) is 5.79 Å². The first-order valence-electron chi connectivity index (χ1n) is 10.2. The number of nitrogens with zero attached hydrogens (tertiary/aromatic N) is 1. The van der Waals surface area contributed by atoms with E-state index in [9.17, 15) is 8.42 Å². The molecule has 0 radical (unpaired) electrons. The fraction of sp³-hybridized carbons (Fsp3) is 0.318. The predicted molar refractivity (Wildman–Crippen MR) is 123 cm³/mol. The van der Waals surface area contributed by atoms with Crippen LogP contribution < -0.4 is 22.1 Å². The molecule has 6 N–H and O–H groups in total. The summed E-state index contributed by atoms with van der Waals surface area (Å²) in [6.07, 6.45) is 5.00. The van der Waals surface area contributed by atoms with Gasteiger partial charge in [-0.1, -0.05) is 41.9 Å². The second-order valence-corrected chi connectivity index (χ2v) is 10.3. The van der Waals surface area contributed by atoms with Gasteiger partial charge in [-0.05, 0) is 49.9 Å². The fourth-order valence-electron chi connectivity index (χ4n) is 4.04. The van der Waals surface area contributed by atoms with Crippen molar-refractivity contribution in [2.45, 2.75) is 47.3 Å². The Morgan fingerprint density at radius 3 is 2.39 bits per heavy atom. The van der Waals surface area contributed by atoms with Gasteiger partial charge in [0.2, 0.25) is 9.84 Å². The second kappa shape index (κ2) is 8.63. The summed E-state index contributed by atoms with van der Waals surface area (Å²) in [6.45, 7) is 0. The van der Waals surface area contributed by atoms with Crippen LogP contribution in [0.25, 0.3) is 0 Å². The van der Waals surface area contributed by atoms with E-state index >= 15 is 0 Å². The summed E-state index contributed by atoms with van der Waals surface area (Å²) in [7, 11) is -3.73.